The summed E-state index contributed by atoms with van der Waals surface area (Å²) in [6.07, 6.45) is 4.67. The van der Waals surface area contributed by atoms with Gasteiger partial charge in [-0.25, -0.2) is 0 Å². The van der Waals surface area contributed by atoms with Crippen molar-refractivity contribution in [1.29, 1.82) is 0 Å². The van der Waals surface area contributed by atoms with E-state index in [4.69, 9.17) is 0 Å². The first-order valence-electron chi connectivity index (χ1n) is 4.08. The fourth-order valence-corrected chi connectivity index (χ4v) is 0.939. The van der Waals surface area contributed by atoms with Crippen LogP contribution >= 0.6 is 0 Å². The van der Waals surface area contributed by atoms with Crippen LogP contribution < -0.4 is 5.32 Å². The lowest BCUT2D eigenvalue weighted by atomic mass is 10.2. The minimum Gasteiger partial charge on any atom is -0.356 e. The molecule has 1 rings (SSSR count). The minimum atomic E-state index is -0.204. The van der Waals surface area contributed by atoms with E-state index in [0.29, 0.717) is 5.70 Å². The summed E-state index contributed by atoms with van der Waals surface area (Å²) in [7, 11) is 1.56. The summed E-state index contributed by atoms with van der Waals surface area (Å²) < 4.78 is 0. The smallest absolute Gasteiger partial charge is 0.245 e. The highest BCUT2D eigenvalue weighted by Crippen LogP contribution is 2.13. The SMILES string of the molecule is C=N/C(=C\C(=O)NC)c1ccncc1. The normalized spacial score (nSPS) is 10.8. The second-order valence-corrected chi connectivity index (χ2v) is 2.54. The number of aliphatic imine (C=N–C) groups is 1. The first-order valence-corrected chi connectivity index (χ1v) is 4.08. The van der Waals surface area contributed by atoms with Crippen LogP contribution in [0.5, 0.6) is 0 Å². The lowest BCUT2D eigenvalue weighted by Gasteiger charge is -1.99. The Labute approximate surface area is 82.4 Å². The number of likely N-dealkylation sites (N-methyl/N-ethyl adjacent to an activating group) is 1. The number of hydrogen-bond acceptors (Lipinski definition) is 3. The molecule has 0 unspecified atom stereocenters. The Balaban J connectivity index is 2.99. The molecule has 0 spiro atoms. The van der Waals surface area contributed by atoms with Gasteiger partial charge < -0.3 is 5.32 Å². The van der Waals surface area contributed by atoms with Gasteiger partial charge in [-0.3, -0.25) is 14.8 Å². The molecular weight excluding hydrogens is 178 g/mol. The summed E-state index contributed by atoms with van der Waals surface area (Å²) in [6, 6.07) is 3.53. The third kappa shape index (κ3) is 2.52. The van der Waals surface area contributed by atoms with Crippen molar-refractivity contribution in [3.63, 3.8) is 0 Å². The molecule has 1 N–H and O–H groups in total. The highest BCUT2D eigenvalue weighted by Gasteiger charge is 2.00. The third-order valence-corrected chi connectivity index (χ3v) is 1.66. The van der Waals surface area contributed by atoms with E-state index >= 15 is 0 Å². The molecule has 1 aromatic heterocycles. The number of nitrogens with one attached hydrogen (secondary N) is 1. The number of carbonyl (C=O) groups excluding carboxylic acids is 1. The lowest BCUT2D eigenvalue weighted by Crippen LogP contribution is -2.14. The van der Waals surface area contributed by atoms with Gasteiger partial charge in [0.15, 0.2) is 0 Å². The van der Waals surface area contributed by atoms with Crippen LogP contribution in [-0.2, 0) is 4.79 Å². The molecule has 0 aliphatic carbocycles. The van der Waals surface area contributed by atoms with Crippen LogP contribution in [0.4, 0.5) is 0 Å². The second-order valence-electron chi connectivity index (χ2n) is 2.54. The molecule has 0 atom stereocenters. The van der Waals surface area contributed by atoms with Crippen LogP contribution in [0.25, 0.3) is 5.70 Å². The molecule has 72 valence electrons. The van der Waals surface area contributed by atoms with Gasteiger partial charge in [0.05, 0.1) is 5.70 Å². The minimum absolute atomic E-state index is 0.204. The Kier molecular flexibility index (Phi) is 3.55. The Morgan fingerprint density at radius 3 is 2.71 bits per heavy atom. The Bertz CT molecular complexity index is 357. The maximum Gasteiger partial charge on any atom is 0.245 e. The molecule has 0 bridgehead atoms. The molecule has 0 aliphatic heterocycles. The van der Waals surface area contributed by atoms with Crippen molar-refractivity contribution in [2.45, 2.75) is 0 Å². The molecule has 0 saturated heterocycles. The van der Waals surface area contributed by atoms with Crippen molar-refractivity contribution in [3.05, 3.63) is 36.2 Å². The van der Waals surface area contributed by atoms with E-state index in [1.54, 1.807) is 31.6 Å². The average Bonchev–Trinajstić information content (AvgIpc) is 2.26. The van der Waals surface area contributed by atoms with E-state index in [1.165, 1.54) is 6.08 Å². The zero-order valence-corrected chi connectivity index (χ0v) is 7.90. The zero-order valence-electron chi connectivity index (χ0n) is 7.90. The van der Waals surface area contributed by atoms with Gasteiger partial charge in [-0.1, -0.05) is 0 Å². The molecular formula is C10H11N3O. The van der Waals surface area contributed by atoms with Crippen LogP contribution in [0, 0.1) is 0 Å². The first-order chi connectivity index (χ1) is 6.77. The Hall–Kier alpha value is -1.97. The van der Waals surface area contributed by atoms with Crippen LogP contribution in [0.1, 0.15) is 5.56 Å². The summed E-state index contributed by atoms with van der Waals surface area (Å²) in [6.45, 7) is 3.41. The average molecular weight is 189 g/mol. The van der Waals surface area contributed by atoms with Gasteiger partial charge in [0, 0.05) is 31.1 Å². The van der Waals surface area contributed by atoms with Crippen molar-refractivity contribution in [2.75, 3.05) is 7.05 Å². The quantitative estimate of drug-likeness (QED) is 0.566. The number of carbonyl (C=O) groups is 1. The standard InChI is InChI=1S/C10H11N3O/c1-11-9(7-10(14)12-2)8-3-5-13-6-4-8/h3-7H,1H2,2H3,(H,12,14)/b9-7-. The second kappa shape index (κ2) is 4.91. The topological polar surface area (TPSA) is 54.4 Å². The van der Waals surface area contributed by atoms with Gasteiger partial charge in [-0.05, 0) is 18.9 Å². The van der Waals surface area contributed by atoms with Gasteiger partial charge in [0.2, 0.25) is 5.91 Å². The summed E-state index contributed by atoms with van der Waals surface area (Å²) in [5, 5.41) is 2.48. The molecule has 4 heteroatoms. The van der Waals surface area contributed by atoms with E-state index < -0.39 is 0 Å². The van der Waals surface area contributed by atoms with Gasteiger partial charge in [-0.15, -0.1) is 0 Å². The largest absolute Gasteiger partial charge is 0.356 e. The predicted molar refractivity (Wildman–Crippen MR) is 55.8 cm³/mol. The van der Waals surface area contributed by atoms with Crippen molar-refractivity contribution >= 4 is 18.3 Å². The molecule has 0 aromatic carbocycles. The van der Waals surface area contributed by atoms with Crippen LogP contribution in [0.15, 0.2) is 35.6 Å². The number of rotatable bonds is 3. The van der Waals surface area contributed by atoms with E-state index in [1.807, 2.05) is 0 Å². The first kappa shape index (κ1) is 10.1. The van der Waals surface area contributed by atoms with E-state index in [-0.39, 0.29) is 5.91 Å². The molecule has 0 fully saturated rings. The molecule has 14 heavy (non-hydrogen) atoms. The molecule has 0 aliphatic rings. The fourth-order valence-electron chi connectivity index (χ4n) is 0.939. The molecule has 1 aromatic rings. The summed E-state index contributed by atoms with van der Waals surface area (Å²) in [5.74, 6) is -0.204. The maximum atomic E-state index is 11.1. The summed E-state index contributed by atoms with van der Waals surface area (Å²) >= 11 is 0. The number of nitrogens with zero attached hydrogens (tertiary/aromatic N) is 2. The van der Waals surface area contributed by atoms with Gasteiger partial charge in [-0.2, -0.15) is 0 Å². The molecule has 1 amide bonds. The highest BCUT2D eigenvalue weighted by atomic mass is 16.1. The molecule has 0 saturated carbocycles. The highest BCUT2D eigenvalue weighted by molar-refractivity contribution is 5.95. The summed E-state index contributed by atoms with van der Waals surface area (Å²) in [5.41, 5.74) is 1.35. The zero-order chi connectivity index (χ0) is 10.4. The molecule has 1 heterocycles. The van der Waals surface area contributed by atoms with Crippen LogP contribution in [-0.4, -0.2) is 24.7 Å². The van der Waals surface area contributed by atoms with Gasteiger partial charge in [0.1, 0.15) is 0 Å². The number of hydrogen-bond donors (Lipinski definition) is 1. The van der Waals surface area contributed by atoms with E-state index in [2.05, 4.69) is 22.0 Å². The number of aromatic nitrogens is 1. The van der Waals surface area contributed by atoms with Gasteiger partial charge >= 0.3 is 0 Å². The Morgan fingerprint density at radius 2 is 2.21 bits per heavy atom. The Morgan fingerprint density at radius 1 is 1.57 bits per heavy atom. The lowest BCUT2D eigenvalue weighted by molar-refractivity contribution is -0.116. The molecule has 0 radical (unpaired) electrons. The van der Waals surface area contributed by atoms with Crippen molar-refractivity contribution in [2.24, 2.45) is 4.99 Å². The van der Waals surface area contributed by atoms with Crippen molar-refractivity contribution in [1.82, 2.24) is 10.3 Å². The number of amides is 1. The van der Waals surface area contributed by atoms with E-state index in [0.717, 1.165) is 5.56 Å². The van der Waals surface area contributed by atoms with E-state index in [9.17, 15) is 4.79 Å². The van der Waals surface area contributed by atoms with Gasteiger partial charge in [0.25, 0.3) is 0 Å². The monoisotopic (exact) mass is 189 g/mol. The van der Waals surface area contributed by atoms with Crippen LogP contribution in [0.3, 0.4) is 0 Å². The maximum absolute atomic E-state index is 11.1. The fraction of sp³-hybridized carbons (Fsp3) is 0.100. The molecule has 4 nitrogen and oxygen atoms in total. The van der Waals surface area contributed by atoms with Crippen molar-refractivity contribution in [3.8, 4) is 0 Å². The van der Waals surface area contributed by atoms with Crippen molar-refractivity contribution < 1.29 is 4.79 Å². The number of pyridine rings is 1. The third-order valence-electron chi connectivity index (χ3n) is 1.66. The predicted octanol–water partition coefficient (Wildman–Crippen LogP) is 0.869. The van der Waals surface area contributed by atoms with Crippen LogP contribution in [0.2, 0.25) is 0 Å². The summed E-state index contributed by atoms with van der Waals surface area (Å²) in [4.78, 5) is 18.7.